The molecule has 0 amide bonds. The van der Waals surface area contributed by atoms with Gasteiger partial charge in [0.15, 0.2) is 0 Å². The first kappa shape index (κ1) is 10.5. The molecule has 0 radical (unpaired) electrons. The van der Waals surface area contributed by atoms with Crippen LogP contribution < -0.4 is 0 Å². The molecule has 0 saturated carbocycles. The molecule has 15 heavy (non-hydrogen) atoms. The second kappa shape index (κ2) is 3.28. The zero-order valence-corrected chi connectivity index (χ0v) is 7.19. The minimum atomic E-state index is -1.15. The summed E-state index contributed by atoms with van der Waals surface area (Å²) in [5.41, 5.74) is 0. The Morgan fingerprint density at radius 3 is 1.87 bits per heavy atom. The number of hydrogen-bond donors (Lipinski definition) is 0. The van der Waals surface area contributed by atoms with Gasteiger partial charge < -0.3 is 30.3 Å². The van der Waals surface area contributed by atoms with Gasteiger partial charge in [0.25, 0.3) is 0 Å². The van der Waals surface area contributed by atoms with Crippen molar-refractivity contribution in [3.63, 3.8) is 0 Å². The van der Waals surface area contributed by atoms with E-state index in [9.17, 15) is 30.3 Å². The molecule has 11 nitrogen and oxygen atoms in total. The minimum Gasteiger partial charge on any atom is -0.389 e. The Bertz CT molecular complexity index is 462. The molecule has 80 valence electrons. The van der Waals surface area contributed by atoms with Crippen molar-refractivity contribution in [2.24, 2.45) is 7.05 Å². The second-order valence-corrected chi connectivity index (χ2v) is 2.39. The summed E-state index contributed by atoms with van der Waals surface area (Å²) in [5, 5.41) is 31.0. The Balaban J connectivity index is 3.53. The van der Waals surface area contributed by atoms with E-state index < -0.39 is 32.4 Å². The molecular weight excluding hydrogens is 214 g/mol. The molecule has 0 fully saturated rings. The van der Waals surface area contributed by atoms with Gasteiger partial charge in [-0.1, -0.05) is 0 Å². The van der Waals surface area contributed by atoms with Crippen molar-refractivity contribution in [2.75, 3.05) is 0 Å². The van der Waals surface area contributed by atoms with E-state index in [1.807, 2.05) is 0 Å². The van der Waals surface area contributed by atoms with Crippen LogP contribution in [0, 0.1) is 30.3 Å². The maximum Gasteiger partial charge on any atom is 0.506 e. The lowest BCUT2D eigenvalue weighted by Gasteiger charge is -1.93. The molecule has 0 saturated heterocycles. The number of nitrogens with zero attached hydrogens (tertiary/aromatic N) is 5. The van der Waals surface area contributed by atoms with Gasteiger partial charge in [0.1, 0.15) is 0 Å². The zero-order valence-electron chi connectivity index (χ0n) is 7.19. The van der Waals surface area contributed by atoms with E-state index in [1.54, 1.807) is 0 Å². The molecule has 0 spiro atoms. The van der Waals surface area contributed by atoms with Gasteiger partial charge in [-0.15, -0.1) is 4.57 Å². The number of aromatic nitrogens is 2. The lowest BCUT2D eigenvalue weighted by Crippen LogP contribution is -2.02. The molecule has 0 unspecified atom stereocenters. The summed E-state index contributed by atoms with van der Waals surface area (Å²) in [6.07, 6.45) is 0. The fourth-order valence-corrected chi connectivity index (χ4v) is 0.954. The third-order valence-corrected chi connectivity index (χ3v) is 1.53. The smallest absolute Gasteiger partial charge is 0.389 e. The van der Waals surface area contributed by atoms with Gasteiger partial charge in [-0.05, 0) is 14.8 Å². The first-order valence-corrected chi connectivity index (χ1v) is 3.36. The van der Waals surface area contributed by atoms with Crippen LogP contribution in [0.4, 0.5) is 17.6 Å². The maximum atomic E-state index is 10.4. The summed E-state index contributed by atoms with van der Waals surface area (Å²) >= 11 is 0. The number of rotatable bonds is 3. The molecule has 0 bridgehead atoms. The van der Waals surface area contributed by atoms with E-state index >= 15 is 0 Å². The first-order valence-electron chi connectivity index (χ1n) is 3.36. The fourth-order valence-electron chi connectivity index (χ4n) is 0.954. The Morgan fingerprint density at radius 2 is 1.60 bits per heavy atom. The van der Waals surface area contributed by atoms with Crippen molar-refractivity contribution in [3.8, 4) is 0 Å². The van der Waals surface area contributed by atoms with E-state index in [4.69, 9.17) is 0 Å². The highest BCUT2D eigenvalue weighted by Gasteiger charge is 2.38. The van der Waals surface area contributed by atoms with Gasteiger partial charge in [-0.2, -0.15) is 0 Å². The molecule has 0 atom stereocenters. The SMILES string of the molecule is Cn1c([N+](=O)[O-])nc([N+](=O)[O-])c1[N+](=O)[O-]. The van der Waals surface area contributed by atoms with Crippen LogP contribution in [-0.2, 0) is 7.05 Å². The molecule has 0 aliphatic carbocycles. The van der Waals surface area contributed by atoms with Crippen LogP contribution in [0.5, 0.6) is 0 Å². The van der Waals surface area contributed by atoms with Crippen LogP contribution in [-0.4, -0.2) is 24.3 Å². The predicted octanol–water partition coefficient (Wildman–Crippen LogP) is 0.145. The normalized spacial score (nSPS) is 9.93. The van der Waals surface area contributed by atoms with Crippen molar-refractivity contribution in [3.05, 3.63) is 30.3 Å². The summed E-state index contributed by atoms with van der Waals surface area (Å²) in [5.74, 6) is -3.12. The predicted molar refractivity (Wildman–Crippen MR) is 43.2 cm³/mol. The molecule has 1 aromatic heterocycles. The van der Waals surface area contributed by atoms with Crippen LogP contribution in [0.3, 0.4) is 0 Å². The number of nitro groups is 3. The summed E-state index contributed by atoms with van der Waals surface area (Å²) in [4.78, 5) is 30.7. The third kappa shape index (κ3) is 1.56. The second-order valence-electron chi connectivity index (χ2n) is 2.39. The van der Waals surface area contributed by atoms with Crippen molar-refractivity contribution in [1.82, 2.24) is 9.55 Å². The highest BCUT2D eigenvalue weighted by Crippen LogP contribution is 2.29. The van der Waals surface area contributed by atoms with Crippen LogP contribution in [0.2, 0.25) is 0 Å². The van der Waals surface area contributed by atoms with E-state index in [1.165, 1.54) is 0 Å². The van der Waals surface area contributed by atoms with Crippen LogP contribution in [0.1, 0.15) is 0 Å². The average Bonchev–Trinajstić information content (AvgIpc) is 2.42. The van der Waals surface area contributed by atoms with Crippen LogP contribution >= 0.6 is 0 Å². The summed E-state index contributed by atoms with van der Waals surface area (Å²) < 4.78 is 0.443. The third-order valence-electron chi connectivity index (χ3n) is 1.53. The Hall–Kier alpha value is -2.59. The van der Waals surface area contributed by atoms with Crippen LogP contribution in [0.15, 0.2) is 0 Å². The zero-order chi connectivity index (χ0) is 11.7. The summed E-state index contributed by atoms with van der Waals surface area (Å²) in [6.45, 7) is 0. The molecule has 0 aliphatic rings. The number of hydrogen-bond acceptors (Lipinski definition) is 7. The van der Waals surface area contributed by atoms with Crippen LogP contribution in [0.25, 0.3) is 0 Å². The van der Waals surface area contributed by atoms with Crippen molar-refractivity contribution in [1.29, 1.82) is 0 Å². The van der Waals surface area contributed by atoms with E-state index in [-0.39, 0.29) is 0 Å². The molecule has 11 heteroatoms. The average molecular weight is 217 g/mol. The van der Waals surface area contributed by atoms with E-state index in [2.05, 4.69) is 4.98 Å². The Labute approximate surface area is 80.4 Å². The molecule has 1 rings (SSSR count). The van der Waals surface area contributed by atoms with Gasteiger partial charge in [0.2, 0.25) is 0 Å². The lowest BCUT2D eigenvalue weighted by molar-refractivity contribution is -0.428. The fraction of sp³-hybridized carbons (Fsp3) is 0.250. The summed E-state index contributed by atoms with van der Waals surface area (Å²) in [6, 6.07) is 0. The number of imidazole rings is 1. The standard InChI is InChI=1S/C4H3N5O6/c1-6-3(8(12)13)2(7(10)11)5-4(6)9(14)15/h1H3. The molecular formula is C4H3N5O6. The van der Waals surface area contributed by atoms with Gasteiger partial charge in [-0.3, -0.25) is 0 Å². The summed E-state index contributed by atoms with van der Waals surface area (Å²) in [7, 11) is 0.955. The molecule has 0 aromatic carbocycles. The highest BCUT2D eigenvalue weighted by atomic mass is 16.6. The largest absolute Gasteiger partial charge is 0.506 e. The highest BCUT2D eigenvalue weighted by molar-refractivity contribution is 5.46. The maximum absolute atomic E-state index is 10.4. The van der Waals surface area contributed by atoms with Gasteiger partial charge >= 0.3 is 17.6 Å². The van der Waals surface area contributed by atoms with Gasteiger partial charge in [0.05, 0.1) is 12.0 Å². The van der Waals surface area contributed by atoms with Crippen molar-refractivity contribution >= 4 is 17.6 Å². The lowest BCUT2D eigenvalue weighted by atomic mass is 10.6. The Morgan fingerprint density at radius 1 is 1.07 bits per heavy atom. The van der Waals surface area contributed by atoms with Gasteiger partial charge in [0, 0.05) is 0 Å². The Kier molecular flexibility index (Phi) is 2.30. The van der Waals surface area contributed by atoms with Gasteiger partial charge in [-0.25, -0.2) is 0 Å². The van der Waals surface area contributed by atoms with Crippen molar-refractivity contribution in [2.45, 2.75) is 0 Å². The molecule has 0 aliphatic heterocycles. The minimum absolute atomic E-state index is 0.443. The van der Waals surface area contributed by atoms with E-state index in [0.29, 0.717) is 4.57 Å². The van der Waals surface area contributed by atoms with Crippen molar-refractivity contribution < 1.29 is 14.8 Å². The molecule has 1 heterocycles. The quantitative estimate of drug-likeness (QED) is 0.516. The topological polar surface area (TPSA) is 147 Å². The first-order chi connectivity index (χ1) is 6.86. The molecule has 0 N–H and O–H groups in total. The monoisotopic (exact) mass is 217 g/mol. The van der Waals surface area contributed by atoms with E-state index in [0.717, 1.165) is 7.05 Å². The molecule has 1 aromatic rings.